The van der Waals surface area contributed by atoms with E-state index in [1.54, 1.807) is 14.2 Å². The molecule has 1 heterocycles. The van der Waals surface area contributed by atoms with Gasteiger partial charge in [-0.2, -0.15) is 0 Å². The number of rotatable bonds is 8. The van der Waals surface area contributed by atoms with Crippen LogP contribution in [0.4, 0.5) is 4.79 Å². The summed E-state index contributed by atoms with van der Waals surface area (Å²) >= 11 is 0. The molecule has 0 aliphatic carbocycles. The molecule has 1 N–H and O–H groups in total. The Labute approximate surface area is 179 Å². The molecule has 0 spiro atoms. The van der Waals surface area contributed by atoms with Crippen LogP contribution in [0.15, 0.2) is 54.6 Å². The van der Waals surface area contributed by atoms with E-state index in [4.69, 9.17) is 9.47 Å². The molecule has 160 valence electrons. The van der Waals surface area contributed by atoms with E-state index in [0.29, 0.717) is 18.0 Å². The number of methoxy groups -OCH3 is 2. The third-order valence-electron chi connectivity index (χ3n) is 5.27. The number of hydrogen-bond donors (Lipinski definition) is 1. The van der Waals surface area contributed by atoms with Crippen LogP contribution < -0.4 is 14.8 Å². The smallest absolute Gasteiger partial charge is 0.317 e. The normalized spacial score (nSPS) is 14.7. The number of amides is 2. The second kappa shape index (κ2) is 11.3. The molecule has 1 fully saturated rings. The molecule has 3 rings (SSSR count). The summed E-state index contributed by atoms with van der Waals surface area (Å²) in [6.45, 7) is 4.78. The maximum atomic E-state index is 12.5. The minimum absolute atomic E-state index is 0.00922. The van der Waals surface area contributed by atoms with Gasteiger partial charge in [-0.25, -0.2) is 4.79 Å². The minimum atomic E-state index is 0.00922. The predicted molar refractivity (Wildman–Crippen MR) is 120 cm³/mol. The highest BCUT2D eigenvalue weighted by molar-refractivity contribution is 5.74. The van der Waals surface area contributed by atoms with Gasteiger partial charge in [0.15, 0.2) is 11.5 Å². The number of urea groups is 1. The third-order valence-corrected chi connectivity index (χ3v) is 5.27. The topological polar surface area (TPSA) is 54.0 Å². The number of nitrogens with one attached hydrogen (secondary N) is 1. The number of piperazine rings is 1. The standard InChI is InChI=1S/C24H31N3O3/c1-29-22-11-10-21(19-23(22)30-2)12-13-25-24(28)27-17-15-26(16-18-27)14-6-9-20-7-4-3-5-8-20/h3-11,19H,12-18H2,1-2H3,(H,25,28)/b9-6+. The van der Waals surface area contributed by atoms with Crippen molar-refractivity contribution in [3.63, 3.8) is 0 Å². The van der Waals surface area contributed by atoms with Crippen molar-refractivity contribution in [1.82, 2.24) is 15.1 Å². The second-order valence-electron chi connectivity index (χ2n) is 7.27. The van der Waals surface area contributed by atoms with Crippen LogP contribution in [0.2, 0.25) is 0 Å². The lowest BCUT2D eigenvalue weighted by molar-refractivity contribution is 0.147. The molecule has 0 bridgehead atoms. The van der Waals surface area contributed by atoms with Crippen LogP contribution in [0.1, 0.15) is 11.1 Å². The van der Waals surface area contributed by atoms with E-state index in [2.05, 4.69) is 34.5 Å². The largest absolute Gasteiger partial charge is 0.493 e. The molecule has 6 heteroatoms. The lowest BCUT2D eigenvalue weighted by Gasteiger charge is -2.34. The van der Waals surface area contributed by atoms with Crippen LogP contribution in [0.3, 0.4) is 0 Å². The van der Waals surface area contributed by atoms with Crippen molar-refractivity contribution in [2.45, 2.75) is 6.42 Å². The summed E-state index contributed by atoms with van der Waals surface area (Å²) in [5.74, 6) is 1.42. The van der Waals surface area contributed by atoms with E-state index < -0.39 is 0 Å². The van der Waals surface area contributed by atoms with Gasteiger partial charge in [-0.05, 0) is 29.7 Å². The Bertz CT molecular complexity index is 831. The highest BCUT2D eigenvalue weighted by Crippen LogP contribution is 2.27. The summed E-state index contributed by atoms with van der Waals surface area (Å²) in [4.78, 5) is 16.7. The Morgan fingerprint density at radius 2 is 1.73 bits per heavy atom. The molecular formula is C24H31N3O3. The van der Waals surface area contributed by atoms with Crippen molar-refractivity contribution >= 4 is 12.1 Å². The van der Waals surface area contributed by atoms with Gasteiger partial charge in [-0.3, -0.25) is 4.90 Å². The highest BCUT2D eigenvalue weighted by Gasteiger charge is 2.20. The van der Waals surface area contributed by atoms with Gasteiger partial charge in [0.25, 0.3) is 0 Å². The van der Waals surface area contributed by atoms with Crippen molar-refractivity contribution in [2.24, 2.45) is 0 Å². The molecule has 1 aliphatic heterocycles. The van der Waals surface area contributed by atoms with Crippen molar-refractivity contribution in [3.05, 3.63) is 65.7 Å². The molecule has 30 heavy (non-hydrogen) atoms. The molecule has 0 aromatic heterocycles. The van der Waals surface area contributed by atoms with Crippen LogP contribution in [0.25, 0.3) is 6.08 Å². The summed E-state index contributed by atoms with van der Waals surface area (Å²) in [6.07, 6.45) is 5.08. The third kappa shape index (κ3) is 6.26. The first-order valence-corrected chi connectivity index (χ1v) is 10.4. The Morgan fingerprint density at radius 3 is 2.43 bits per heavy atom. The van der Waals surface area contributed by atoms with Crippen molar-refractivity contribution in [1.29, 1.82) is 0 Å². The fourth-order valence-corrected chi connectivity index (χ4v) is 3.50. The van der Waals surface area contributed by atoms with Gasteiger partial charge in [0, 0.05) is 39.3 Å². The molecule has 1 saturated heterocycles. The van der Waals surface area contributed by atoms with Gasteiger partial charge in [-0.1, -0.05) is 48.6 Å². The first-order chi connectivity index (χ1) is 14.7. The number of nitrogens with zero attached hydrogens (tertiary/aromatic N) is 2. The summed E-state index contributed by atoms with van der Waals surface area (Å²) < 4.78 is 10.6. The lowest BCUT2D eigenvalue weighted by atomic mass is 10.1. The van der Waals surface area contributed by atoms with Crippen LogP contribution in [-0.4, -0.2) is 69.3 Å². The zero-order valence-corrected chi connectivity index (χ0v) is 17.8. The maximum absolute atomic E-state index is 12.5. The SMILES string of the molecule is COc1ccc(CCNC(=O)N2CCN(C/C=C/c3ccccc3)CC2)cc1OC. The number of hydrogen-bond acceptors (Lipinski definition) is 4. The van der Waals surface area contributed by atoms with E-state index in [0.717, 1.165) is 44.7 Å². The highest BCUT2D eigenvalue weighted by atomic mass is 16.5. The molecule has 2 aromatic rings. The summed E-state index contributed by atoms with van der Waals surface area (Å²) in [6, 6.07) is 16.2. The first-order valence-electron chi connectivity index (χ1n) is 10.4. The zero-order chi connectivity index (χ0) is 21.2. The van der Waals surface area contributed by atoms with E-state index in [-0.39, 0.29) is 6.03 Å². The Hall–Kier alpha value is -2.99. The van der Waals surface area contributed by atoms with E-state index in [9.17, 15) is 4.79 Å². The quantitative estimate of drug-likeness (QED) is 0.727. The van der Waals surface area contributed by atoms with E-state index >= 15 is 0 Å². The summed E-state index contributed by atoms with van der Waals surface area (Å²) in [5.41, 5.74) is 2.31. The van der Waals surface area contributed by atoms with Crippen LogP contribution in [0, 0.1) is 0 Å². The minimum Gasteiger partial charge on any atom is -0.493 e. The average molecular weight is 410 g/mol. The number of carbonyl (C=O) groups is 1. The lowest BCUT2D eigenvalue weighted by Crippen LogP contribution is -2.51. The second-order valence-corrected chi connectivity index (χ2v) is 7.27. The van der Waals surface area contributed by atoms with Crippen molar-refractivity contribution in [3.8, 4) is 11.5 Å². The molecule has 0 saturated carbocycles. The van der Waals surface area contributed by atoms with E-state index in [1.165, 1.54) is 5.56 Å². The van der Waals surface area contributed by atoms with Gasteiger partial charge in [0.2, 0.25) is 0 Å². The molecular weight excluding hydrogens is 378 g/mol. The Kier molecular flexibility index (Phi) is 8.15. The molecule has 0 unspecified atom stereocenters. The van der Waals surface area contributed by atoms with Crippen molar-refractivity contribution in [2.75, 3.05) is 53.5 Å². The summed E-state index contributed by atoms with van der Waals surface area (Å²) in [7, 11) is 3.25. The van der Waals surface area contributed by atoms with Gasteiger partial charge in [0.05, 0.1) is 14.2 Å². The van der Waals surface area contributed by atoms with Crippen LogP contribution in [-0.2, 0) is 6.42 Å². The number of carbonyl (C=O) groups excluding carboxylic acids is 1. The fourth-order valence-electron chi connectivity index (χ4n) is 3.50. The van der Waals surface area contributed by atoms with E-state index in [1.807, 2.05) is 41.3 Å². The molecule has 6 nitrogen and oxygen atoms in total. The van der Waals surface area contributed by atoms with Crippen molar-refractivity contribution < 1.29 is 14.3 Å². The number of ether oxygens (including phenoxy) is 2. The first kappa shape index (κ1) is 21.7. The number of benzene rings is 2. The van der Waals surface area contributed by atoms with Crippen LogP contribution >= 0.6 is 0 Å². The Balaban J connectivity index is 1.36. The zero-order valence-electron chi connectivity index (χ0n) is 17.8. The molecule has 2 amide bonds. The molecule has 0 radical (unpaired) electrons. The van der Waals surface area contributed by atoms with Gasteiger partial charge < -0.3 is 19.7 Å². The molecule has 2 aromatic carbocycles. The molecule has 0 atom stereocenters. The Morgan fingerprint density at radius 1 is 1.00 bits per heavy atom. The average Bonchev–Trinajstić information content (AvgIpc) is 2.80. The molecule has 1 aliphatic rings. The van der Waals surface area contributed by atoms with Gasteiger partial charge >= 0.3 is 6.03 Å². The van der Waals surface area contributed by atoms with Gasteiger partial charge in [-0.15, -0.1) is 0 Å². The predicted octanol–water partition coefficient (Wildman–Crippen LogP) is 3.29. The van der Waals surface area contributed by atoms with Crippen LogP contribution in [0.5, 0.6) is 11.5 Å². The van der Waals surface area contributed by atoms with Gasteiger partial charge in [0.1, 0.15) is 0 Å². The monoisotopic (exact) mass is 409 g/mol. The maximum Gasteiger partial charge on any atom is 0.317 e. The fraction of sp³-hybridized carbons (Fsp3) is 0.375. The summed E-state index contributed by atoms with van der Waals surface area (Å²) in [5, 5.41) is 3.03.